The van der Waals surface area contributed by atoms with Gasteiger partial charge in [0.1, 0.15) is 0 Å². The molecule has 0 aliphatic rings. The van der Waals surface area contributed by atoms with Gasteiger partial charge in [-0.2, -0.15) is 11.8 Å². The average Bonchev–Trinajstić information content (AvgIpc) is 2.42. The molecule has 0 aliphatic heterocycles. The molecule has 3 unspecified atom stereocenters. The molecule has 114 valence electrons. The topological polar surface area (TPSA) is 12.0 Å². The highest BCUT2D eigenvalue weighted by molar-refractivity contribution is 7.99. The molecule has 0 aromatic rings. The summed E-state index contributed by atoms with van der Waals surface area (Å²) in [7, 11) is 2.08. The van der Waals surface area contributed by atoms with E-state index >= 15 is 0 Å². The van der Waals surface area contributed by atoms with Crippen molar-refractivity contribution < 1.29 is 0 Å². The molecule has 1 nitrogen and oxygen atoms in total. The molecule has 0 saturated carbocycles. The highest BCUT2D eigenvalue weighted by Gasteiger charge is 2.23. The zero-order valence-electron chi connectivity index (χ0n) is 14.0. The van der Waals surface area contributed by atoms with Crippen LogP contribution in [-0.4, -0.2) is 26.0 Å². The number of unbranched alkanes of at least 4 members (excludes halogenated alkanes) is 5. The van der Waals surface area contributed by atoms with Crippen molar-refractivity contribution in [3.63, 3.8) is 0 Å². The maximum Gasteiger partial charge on any atom is 0.181 e. The van der Waals surface area contributed by atoms with Crippen molar-refractivity contribution in [2.75, 3.05) is 12.8 Å². The van der Waals surface area contributed by atoms with E-state index in [2.05, 4.69) is 52.0 Å². The van der Waals surface area contributed by atoms with Gasteiger partial charge in [-0.3, -0.25) is 0 Å². The summed E-state index contributed by atoms with van der Waals surface area (Å²) in [5.41, 5.74) is 0. The second-order valence-electron chi connectivity index (χ2n) is 5.96. The van der Waals surface area contributed by atoms with Crippen LogP contribution in [-0.2, 0) is 0 Å². The number of hydrogen-bond donors (Lipinski definition) is 1. The Morgan fingerprint density at radius 3 is 2.21 bits per heavy atom. The first-order chi connectivity index (χ1) is 9.21. The van der Waals surface area contributed by atoms with Crippen molar-refractivity contribution in [2.45, 2.75) is 77.4 Å². The van der Waals surface area contributed by atoms with E-state index in [4.69, 9.17) is 0 Å². The van der Waals surface area contributed by atoms with E-state index < -0.39 is 0 Å². The van der Waals surface area contributed by atoms with Gasteiger partial charge in [0.15, 0.2) is 7.98 Å². The molecule has 0 rings (SSSR count). The maximum absolute atomic E-state index is 3.37. The van der Waals surface area contributed by atoms with Gasteiger partial charge in [0.25, 0.3) is 0 Å². The zero-order valence-corrected chi connectivity index (χ0v) is 14.8. The normalized spacial score (nSPS) is 16.2. The largest absolute Gasteiger partial charge is 0.362 e. The summed E-state index contributed by atoms with van der Waals surface area (Å²) in [6, 6.07) is 0. The lowest BCUT2D eigenvalue weighted by molar-refractivity contribution is 0.369. The third kappa shape index (κ3) is 9.02. The molecule has 0 radical (unpaired) electrons. The van der Waals surface area contributed by atoms with Crippen LogP contribution >= 0.6 is 11.8 Å². The third-order valence-electron chi connectivity index (χ3n) is 4.30. The van der Waals surface area contributed by atoms with E-state index in [9.17, 15) is 0 Å². The number of nitrogens with one attached hydrogen (secondary N) is 1. The van der Waals surface area contributed by atoms with Crippen LogP contribution in [0.3, 0.4) is 0 Å². The molecule has 0 aromatic carbocycles. The second-order valence-corrected chi connectivity index (χ2v) is 6.98. The lowest BCUT2D eigenvalue weighted by Gasteiger charge is -2.30. The Morgan fingerprint density at radius 1 is 1.05 bits per heavy atom. The lowest BCUT2D eigenvalue weighted by Crippen LogP contribution is -2.32. The Balaban J connectivity index is 3.89. The van der Waals surface area contributed by atoms with Gasteiger partial charge in [0.05, 0.1) is 0 Å². The van der Waals surface area contributed by atoms with Crippen molar-refractivity contribution in [3.8, 4) is 0 Å². The standard InChI is InChI=1S/C16H36BNS/c1-5-7-8-9-10-11-12-14(3)16(19-4)15(6-2)13-18-17/h14-16,18H,5-13,17H2,1-4H3. The highest BCUT2D eigenvalue weighted by Crippen LogP contribution is 2.30. The Morgan fingerprint density at radius 2 is 1.68 bits per heavy atom. The van der Waals surface area contributed by atoms with E-state index in [0.717, 1.165) is 17.1 Å². The minimum Gasteiger partial charge on any atom is -0.362 e. The van der Waals surface area contributed by atoms with E-state index in [0.29, 0.717) is 0 Å². The van der Waals surface area contributed by atoms with Crippen LogP contribution in [0, 0.1) is 11.8 Å². The summed E-state index contributed by atoms with van der Waals surface area (Å²) in [6.07, 6.45) is 13.5. The van der Waals surface area contributed by atoms with Gasteiger partial charge >= 0.3 is 0 Å². The van der Waals surface area contributed by atoms with Crippen molar-refractivity contribution in [1.29, 1.82) is 0 Å². The van der Waals surface area contributed by atoms with Gasteiger partial charge in [-0.25, -0.2) is 0 Å². The smallest absolute Gasteiger partial charge is 0.181 e. The van der Waals surface area contributed by atoms with Gasteiger partial charge in [-0.15, -0.1) is 0 Å². The molecule has 0 saturated heterocycles. The molecule has 19 heavy (non-hydrogen) atoms. The monoisotopic (exact) mass is 285 g/mol. The minimum atomic E-state index is 0.827. The summed E-state index contributed by atoms with van der Waals surface area (Å²) in [5.74, 6) is 1.69. The SMILES string of the molecule is BNCC(CC)C(SC)C(C)CCCCCCCC. The van der Waals surface area contributed by atoms with Crippen LogP contribution in [0.25, 0.3) is 0 Å². The van der Waals surface area contributed by atoms with E-state index in [1.165, 1.54) is 57.9 Å². The van der Waals surface area contributed by atoms with Gasteiger partial charge in [-0.05, 0) is 31.1 Å². The molecule has 0 bridgehead atoms. The summed E-state index contributed by atoms with van der Waals surface area (Å²) in [4.78, 5) is 0. The molecule has 0 spiro atoms. The number of thioether (sulfide) groups is 1. The van der Waals surface area contributed by atoms with E-state index in [1.807, 2.05) is 0 Å². The van der Waals surface area contributed by atoms with Crippen molar-refractivity contribution in [3.05, 3.63) is 0 Å². The van der Waals surface area contributed by atoms with Gasteiger partial charge in [0.2, 0.25) is 0 Å². The molecule has 0 heterocycles. The van der Waals surface area contributed by atoms with Crippen LogP contribution in [0.2, 0.25) is 0 Å². The van der Waals surface area contributed by atoms with Crippen LogP contribution in [0.5, 0.6) is 0 Å². The van der Waals surface area contributed by atoms with Crippen LogP contribution in [0.1, 0.15) is 72.1 Å². The third-order valence-corrected chi connectivity index (χ3v) is 5.70. The quantitative estimate of drug-likeness (QED) is 0.400. The Hall–Kier alpha value is 0.375. The fraction of sp³-hybridized carbons (Fsp3) is 1.00. The summed E-state index contributed by atoms with van der Waals surface area (Å²) < 4.78 is 0. The lowest BCUT2D eigenvalue weighted by atomic mass is 9.89. The number of hydrogen-bond acceptors (Lipinski definition) is 2. The fourth-order valence-corrected chi connectivity index (χ4v) is 4.33. The first kappa shape index (κ1) is 19.4. The minimum absolute atomic E-state index is 0.827. The summed E-state index contributed by atoms with van der Waals surface area (Å²) in [6.45, 7) is 8.26. The van der Waals surface area contributed by atoms with Crippen molar-refractivity contribution >= 4 is 19.7 Å². The number of rotatable bonds is 13. The average molecular weight is 285 g/mol. The maximum atomic E-state index is 3.37. The molecular weight excluding hydrogens is 249 g/mol. The molecular formula is C16H36BNS. The van der Waals surface area contributed by atoms with E-state index in [1.54, 1.807) is 0 Å². The first-order valence-electron chi connectivity index (χ1n) is 8.38. The molecule has 3 heteroatoms. The summed E-state index contributed by atoms with van der Waals surface area (Å²) in [5, 5.41) is 4.19. The van der Waals surface area contributed by atoms with Crippen LogP contribution < -0.4 is 5.23 Å². The molecule has 1 N–H and O–H groups in total. The van der Waals surface area contributed by atoms with E-state index in [-0.39, 0.29) is 0 Å². The Bertz CT molecular complexity index is 190. The highest BCUT2D eigenvalue weighted by atomic mass is 32.2. The summed E-state index contributed by atoms with van der Waals surface area (Å²) >= 11 is 2.08. The predicted octanol–water partition coefficient (Wildman–Crippen LogP) is 4.27. The fourth-order valence-electron chi connectivity index (χ4n) is 3.06. The molecule has 0 aromatic heterocycles. The van der Waals surface area contributed by atoms with Crippen molar-refractivity contribution in [1.82, 2.24) is 5.23 Å². The van der Waals surface area contributed by atoms with Gasteiger partial charge in [-0.1, -0.05) is 65.7 Å². The molecule has 0 aliphatic carbocycles. The Kier molecular flexibility index (Phi) is 13.6. The molecule has 0 amide bonds. The predicted molar refractivity (Wildman–Crippen MR) is 94.8 cm³/mol. The van der Waals surface area contributed by atoms with Gasteiger partial charge < -0.3 is 5.23 Å². The molecule has 0 fully saturated rings. The molecule has 3 atom stereocenters. The van der Waals surface area contributed by atoms with Gasteiger partial charge in [0, 0.05) is 5.25 Å². The first-order valence-corrected chi connectivity index (χ1v) is 9.67. The second kappa shape index (κ2) is 13.4. The van der Waals surface area contributed by atoms with Crippen LogP contribution in [0.4, 0.5) is 0 Å². The van der Waals surface area contributed by atoms with Crippen LogP contribution in [0.15, 0.2) is 0 Å². The van der Waals surface area contributed by atoms with Crippen molar-refractivity contribution in [2.24, 2.45) is 11.8 Å². The Labute approximate surface area is 127 Å². The zero-order chi connectivity index (χ0) is 14.5.